The van der Waals surface area contributed by atoms with Crippen LogP contribution in [0.15, 0.2) is 61.7 Å². The van der Waals surface area contributed by atoms with Gasteiger partial charge < -0.3 is 21.9 Å². The van der Waals surface area contributed by atoms with E-state index in [1.54, 1.807) is 36.4 Å². The topological polar surface area (TPSA) is 42.2 Å². The average molecular weight is 388 g/mol. The molecule has 0 radical (unpaired) electrons. The summed E-state index contributed by atoms with van der Waals surface area (Å²) >= 11 is 0. The van der Waals surface area contributed by atoms with Gasteiger partial charge in [-0.2, -0.15) is 12.2 Å². The minimum atomic E-state index is 0. The summed E-state index contributed by atoms with van der Waals surface area (Å²) in [5, 5.41) is 9.31. The van der Waals surface area contributed by atoms with Crippen LogP contribution in [0.25, 0.3) is 11.8 Å². The van der Waals surface area contributed by atoms with E-state index in [-0.39, 0.29) is 64.6 Å². The van der Waals surface area contributed by atoms with Gasteiger partial charge in [-0.05, 0) is 36.9 Å². The Labute approximate surface area is 206 Å². The number of benzene rings is 1. The van der Waals surface area contributed by atoms with Gasteiger partial charge in [-0.3, -0.25) is 6.08 Å². The molecule has 0 saturated carbocycles. The third kappa shape index (κ3) is 7.60. The number of hydrogen-bond donors (Lipinski definition) is 1. The van der Waals surface area contributed by atoms with E-state index in [1.807, 2.05) is 49.9 Å². The minimum absolute atomic E-state index is 0. The Hall–Kier alpha value is -1.43. The van der Waals surface area contributed by atoms with E-state index in [1.165, 1.54) is 0 Å². The standard InChI is InChI=1S/C15H14NO2.C7H9.CH3.K/c1-4-14-10(2)16(11(3)15(14)9-17)12-5-7-13(18)8-6-12;1-3-5-7-6-4-2;;/h4-8,18H,1H2,2-3H3;3-5,7H,1H2,2H3;1H3;/q3*-1;+1/b;7-5-;;. The molecular formula is C23H26KNO2-2. The van der Waals surface area contributed by atoms with Crippen molar-refractivity contribution < 1.29 is 61.3 Å². The molecule has 0 bridgehead atoms. The Kier molecular flexibility index (Phi) is 15.0. The normalized spacial score (nSPS) is 9.74. The second kappa shape index (κ2) is 14.6. The van der Waals surface area contributed by atoms with Crippen LogP contribution in [-0.4, -0.2) is 16.0 Å². The third-order valence-corrected chi connectivity index (χ3v) is 3.60. The number of phenols is 1. The van der Waals surface area contributed by atoms with Crippen LogP contribution in [0.3, 0.4) is 0 Å². The van der Waals surface area contributed by atoms with E-state index in [9.17, 15) is 9.90 Å². The minimum Gasteiger partial charge on any atom is -0.508 e. The first-order valence-electron chi connectivity index (χ1n) is 7.85. The first-order valence-corrected chi connectivity index (χ1v) is 7.85. The van der Waals surface area contributed by atoms with Crippen LogP contribution in [0.5, 0.6) is 5.75 Å². The number of rotatable bonds is 5. The predicted octanol–water partition coefficient (Wildman–Crippen LogP) is 2.46. The van der Waals surface area contributed by atoms with Gasteiger partial charge in [0.15, 0.2) is 0 Å². The van der Waals surface area contributed by atoms with E-state index in [0.717, 1.165) is 22.6 Å². The summed E-state index contributed by atoms with van der Waals surface area (Å²) in [6, 6.07) is 6.84. The molecule has 0 atom stereocenters. The number of hydrogen-bond acceptors (Lipinski definition) is 2. The molecule has 1 N–H and O–H groups in total. The van der Waals surface area contributed by atoms with Crippen LogP contribution >= 0.6 is 0 Å². The molecule has 0 unspecified atom stereocenters. The van der Waals surface area contributed by atoms with E-state index < -0.39 is 0 Å². The second-order valence-electron chi connectivity index (χ2n) is 5.17. The monoisotopic (exact) mass is 387 g/mol. The molecule has 2 rings (SSSR count). The Morgan fingerprint density at radius 1 is 1.11 bits per heavy atom. The Balaban J connectivity index is 0. The van der Waals surface area contributed by atoms with Crippen molar-refractivity contribution in [2.75, 3.05) is 0 Å². The molecule has 0 spiro atoms. The maximum absolute atomic E-state index is 11.0. The summed E-state index contributed by atoms with van der Waals surface area (Å²) in [7, 11) is 0. The molecule has 1 aromatic carbocycles. The van der Waals surface area contributed by atoms with Crippen molar-refractivity contribution in [3.05, 3.63) is 97.7 Å². The smallest absolute Gasteiger partial charge is 0.508 e. The van der Waals surface area contributed by atoms with Gasteiger partial charge in [-0.1, -0.05) is 19.5 Å². The molecule has 1 heterocycles. The summed E-state index contributed by atoms with van der Waals surface area (Å²) in [5.74, 6) is 0.215. The van der Waals surface area contributed by atoms with Gasteiger partial charge in [0, 0.05) is 5.69 Å². The molecule has 27 heavy (non-hydrogen) atoms. The van der Waals surface area contributed by atoms with Gasteiger partial charge in [0.1, 0.15) is 5.75 Å². The van der Waals surface area contributed by atoms with Gasteiger partial charge in [-0.25, -0.2) is 12.2 Å². The Morgan fingerprint density at radius 3 is 2.11 bits per heavy atom. The molecule has 4 heteroatoms. The van der Waals surface area contributed by atoms with Crippen molar-refractivity contribution in [1.29, 1.82) is 0 Å². The molecule has 2 aromatic rings. The van der Waals surface area contributed by atoms with Gasteiger partial charge in [0.25, 0.3) is 0 Å². The van der Waals surface area contributed by atoms with Gasteiger partial charge in [0.2, 0.25) is 0 Å². The molecule has 138 valence electrons. The van der Waals surface area contributed by atoms with Crippen molar-refractivity contribution in [2.24, 2.45) is 0 Å². The van der Waals surface area contributed by atoms with Crippen molar-refractivity contribution in [3.63, 3.8) is 0 Å². The van der Waals surface area contributed by atoms with Crippen LogP contribution in [0.4, 0.5) is 0 Å². The molecule has 0 aliphatic carbocycles. The zero-order valence-corrected chi connectivity index (χ0v) is 20.0. The maximum Gasteiger partial charge on any atom is 1.00 e. The predicted molar refractivity (Wildman–Crippen MR) is 111 cm³/mol. The molecule has 3 nitrogen and oxygen atoms in total. The summed E-state index contributed by atoms with van der Waals surface area (Å²) < 4.78 is 1.96. The van der Waals surface area contributed by atoms with E-state index in [0.29, 0.717) is 5.56 Å². The van der Waals surface area contributed by atoms with Gasteiger partial charge in [0.05, 0.1) is 6.29 Å². The fourth-order valence-corrected chi connectivity index (χ4v) is 2.45. The summed E-state index contributed by atoms with van der Waals surface area (Å²) in [4.78, 5) is 11.0. The third-order valence-electron chi connectivity index (χ3n) is 3.60. The number of carbonyl (C=O) groups excluding carboxylic acids is 1. The van der Waals surface area contributed by atoms with Crippen molar-refractivity contribution in [3.8, 4) is 11.4 Å². The molecule has 0 saturated heterocycles. The summed E-state index contributed by atoms with van der Waals surface area (Å²) in [6.07, 6.45) is 13.7. The number of allylic oxidation sites excluding steroid dienone is 5. The number of nitrogens with zero attached hydrogens (tertiary/aromatic N) is 1. The fraction of sp³-hybridized carbons (Fsp3) is 0.130. The molecule has 0 amide bonds. The second-order valence-corrected chi connectivity index (χ2v) is 5.17. The number of aromatic nitrogens is 1. The first-order chi connectivity index (χ1) is 12.0. The van der Waals surface area contributed by atoms with Crippen LogP contribution in [0, 0.1) is 27.4 Å². The van der Waals surface area contributed by atoms with Crippen LogP contribution in [0.1, 0.15) is 29.4 Å². The van der Waals surface area contributed by atoms with E-state index >= 15 is 0 Å². The largest absolute Gasteiger partial charge is 1.00 e. The van der Waals surface area contributed by atoms with Gasteiger partial charge >= 0.3 is 51.4 Å². The van der Waals surface area contributed by atoms with E-state index in [2.05, 4.69) is 19.2 Å². The van der Waals surface area contributed by atoms with Crippen molar-refractivity contribution >= 4 is 12.4 Å². The molecule has 0 fully saturated rings. The Morgan fingerprint density at radius 2 is 1.70 bits per heavy atom. The molecule has 1 aromatic heterocycles. The summed E-state index contributed by atoms with van der Waals surface area (Å²) in [5.41, 5.74) is 3.99. The maximum atomic E-state index is 11.0. The van der Waals surface area contributed by atoms with Crippen LogP contribution < -0.4 is 51.4 Å². The number of phenolic OH excluding ortho intramolecular Hbond substituents is 1. The Bertz CT molecular complexity index is 765. The zero-order chi connectivity index (χ0) is 18.8. The number of aromatic hydroxyl groups is 1. The molecule has 0 aliphatic heterocycles. The van der Waals surface area contributed by atoms with Gasteiger partial charge in [-0.15, -0.1) is 30.4 Å². The molecular weight excluding hydrogens is 361 g/mol. The fourth-order valence-electron chi connectivity index (χ4n) is 2.45. The average Bonchev–Trinajstić information content (AvgIpc) is 2.86. The SMILES string of the molecule is C=C/C=C\[C-]=CC.C=Cc1c([C-]=O)c(C)n(-c2ccc(O)cc2)c1C.[CH3-].[K+]. The summed E-state index contributed by atoms with van der Waals surface area (Å²) in [6.45, 7) is 12.9. The van der Waals surface area contributed by atoms with Crippen LogP contribution in [-0.2, 0) is 4.79 Å². The van der Waals surface area contributed by atoms with Crippen molar-refractivity contribution in [1.82, 2.24) is 4.57 Å². The zero-order valence-electron chi connectivity index (χ0n) is 16.9. The molecule has 0 aliphatic rings. The van der Waals surface area contributed by atoms with Crippen LogP contribution in [0.2, 0.25) is 0 Å². The van der Waals surface area contributed by atoms with Crippen molar-refractivity contribution in [2.45, 2.75) is 20.8 Å². The van der Waals surface area contributed by atoms with E-state index in [4.69, 9.17) is 0 Å². The first kappa shape index (κ1) is 27.8. The quantitative estimate of drug-likeness (QED) is 0.487.